The van der Waals surface area contributed by atoms with E-state index in [0.29, 0.717) is 0 Å². The van der Waals surface area contributed by atoms with Crippen molar-refractivity contribution >= 4 is 7.82 Å². The van der Waals surface area contributed by atoms with E-state index in [1.807, 2.05) is 0 Å². The minimum absolute atomic E-state index is 1.25. The summed E-state index contributed by atoms with van der Waals surface area (Å²) in [7, 11) is -1.64. The molecule has 0 saturated heterocycles. The van der Waals surface area contributed by atoms with E-state index < -0.39 is 7.82 Å². The van der Waals surface area contributed by atoms with Crippen molar-refractivity contribution in [1.29, 1.82) is 0 Å². The van der Waals surface area contributed by atoms with E-state index in [2.05, 4.69) is 0 Å². The Kier molecular flexibility index (Phi) is 45.9. The Labute approximate surface area is 64.8 Å². The van der Waals surface area contributed by atoms with E-state index in [0.717, 1.165) is 0 Å². The van der Waals surface area contributed by atoms with Gasteiger partial charge in [0.1, 0.15) is 21.3 Å². The second-order valence-electron chi connectivity index (χ2n) is 0.447. The molecule has 0 aromatic carbocycles. The molecular weight excluding hydrogens is 179 g/mol. The molecule has 0 bridgehead atoms. The monoisotopic (exact) mass is 194 g/mol. The van der Waals surface area contributed by atoms with Gasteiger partial charge in [-0.15, -0.1) is 0 Å². The molecule has 0 aromatic heterocycles. The number of hydrogen-bond donors (Lipinski definition) is 0. The highest BCUT2D eigenvalue weighted by Gasteiger charge is 1.44. The molecule has 11 heavy (non-hydrogen) atoms. The molecule has 6 N–H and O–H groups in total. The van der Waals surface area contributed by atoms with Crippen molar-refractivity contribution in [3.63, 3.8) is 0 Å². The van der Waals surface area contributed by atoms with Gasteiger partial charge in [0.2, 0.25) is 0 Å². The van der Waals surface area contributed by atoms with Crippen molar-refractivity contribution in [3.05, 3.63) is 0 Å². The molecule has 0 unspecified atom stereocenters. The van der Waals surface area contributed by atoms with Gasteiger partial charge in [-0.1, -0.05) is 0 Å². The molecular formula is C3H15O7P. The summed E-state index contributed by atoms with van der Waals surface area (Å²) in [6, 6.07) is 0. The largest absolute Gasteiger partial charge is 0.822 e. The van der Waals surface area contributed by atoms with Gasteiger partial charge in [-0.3, -0.25) is 0 Å². The predicted octanol–water partition coefficient (Wildman–Crippen LogP) is -4.80. The van der Waals surface area contributed by atoms with Crippen molar-refractivity contribution in [2.45, 2.75) is 0 Å². The lowest BCUT2D eigenvalue weighted by molar-refractivity contribution is -0.432. The lowest BCUT2D eigenvalue weighted by Gasteiger charge is -2.36. The van der Waals surface area contributed by atoms with Gasteiger partial charge in [-0.05, 0) is 0 Å². The molecule has 0 amide bonds. The van der Waals surface area contributed by atoms with Gasteiger partial charge in [0.15, 0.2) is 0 Å². The van der Waals surface area contributed by atoms with Gasteiger partial charge < -0.3 is 34.6 Å². The highest BCUT2D eigenvalue weighted by atomic mass is 31.2. The highest BCUT2D eigenvalue weighted by Crippen LogP contribution is 2.03. The average molecular weight is 194 g/mol. The van der Waals surface area contributed by atoms with Crippen molar-refractivity contribution in [2.75, 3.05) is 21.3 Å². The Bertz CT molecular complexity index is 59.8. The maximum absolute atomic E-state index is 8.55. The summed E-state index contributed by atoms with van der Waals surface area (Å²) in [5.74, 6) is 0. The van der Waals surface area contributed by atoms with Crippen LogP contribution in [0.1, 0.15) is 0 Å². The first kappa shape index (κ1) is 22.4. The van der Waals surface area contributed by atoms with E-state index in [9.17, 15) is 0 Å². The molecule has 0 rings (SSSR count). The van der Waals surface area contributed by atoms with Crippen LogP contribution in [0, 0.1) is 0 Å². The molecule has 7 nitrogen and oxygen atoms in total. The third kappa shape index (κ3) is 6380000. The SMILES string of the molecule is C[OH2+].C[OH2+].C[OH2+].O=P([O-])([O-])[O-]. The fourth-order valence-corrected chi connectivity index (χ4v) is 0. The normalized spacial score (nSPS) is 7.00. The fourth-order valence-electron chi connectivity index (χ4n) is 0. The first-order valence-corrected chi connectivity index (χ1v) is 3.69. The molecule has 0 aliphatic heterocycles. The molecule has 0 aliphatic rings. The van der Waals surface area contributed by atoms with Crippen LogP contribution in [-0.4, -0.2) is 36.6 Å². The molecule has 0 atom stereocenters. The molecule has 0 saturated carbocycles. The van der Waals surface area contributed by atoms with Crippen LogP contribution < -0.4 is 14.7 Å². The van der Waals surface area contributed by atoms with E-state index >= 15 is 0 Å². The number of hydrogen-bond acceptors (Lipinski definition) is 4. The van der Waals surface area contributed by atoms with E-state index in [4.69, 9.17) is 34.6 Å². The zero-order chi connectivity index (χ0) is 10.5. The Hall–Kier alpha value is -0.0100. The van der Waals surface area contributed by atoms with Crippen LogP contribution in [0.5, 0.6) is 0 Å². The average Bonchev–Trinajstić information content (AvgIpc) is 1.96. The lowest BCUT2D eigenvalue weighted by atomic mass is 11.8. The zero-order valence-electron chi connectivity index (χ0n) is 6.58. The molecule has 0 aromatic rings. The van der Waals surface area contributed by atoms with E-state index in [-0.39, 0.29) is 0 Å². The van der Waals surface area contributed by atoms with Crippen LogP contribution in [0.2, 0.25) is 0 Å². The number of rotatable bonds is 0. The Morgan fingerprint density at radius 3 is 0.818 bits per heavy atom. The van der Waals surface area contributed by atoms with Gasteiger partial charge >= 0.3 is 0 Å². The maximum Gasteiger partial charge on any atom is 0.133 e. The molecule has 0 aliphatic carbocycles. The second-order valence-corrected chi connectivity index (χ2v) is 1.34. The van der Waals surface area contributed by atoms with Crippen LogP contribution in [0.4, 0.5) is 0 Å². The van der Waals surface area contributed by atoms with E-state index in [1.54, 1.807) is 0 Å². The third-order valence-corrected chi connectivity index (χ3v) is 0. The van der Waals surface area contributed by atoms with Crippen LogP contribution in [-0.2, 0) is 4.57 Å². The summed E-state index contributed by atoms with van der Waals surface area (Å²) in [5, 5.41) is 17.2. The van der Waals surface area contributed by atoms with Crippen molar-refractivity contribution in [1.82, 2.24) is 0 Å². The minimum Gasteiger partial charge on any atom is -0.822 e. The van der Waals surface area contributed by atoms with Crippen molar-refractivity contribution in [3.8, 4) is 0 Å². The predicted molar refractivity (Wildman–Crippen MR) is 36.2 cm³/mol. The van der Waals surface area contributed by atoms with Crippen LogP contribution in [0.3, 0.4) is 0 Å². The fraction of sp³-hybridized carbons (Fsp3) is 1.00. The smallest absolute Gasteiger partial charge is 0.133 e. The Balaban J connectivity index is -0.0000000350. The van der Waals surface area contributed by atoms with Gasteiger partial charge in [-0.25, -0.2) is 0 Å². The topological polar surface area (TPSA) is 155 Å². The van der Waals surface area contributed by atoms with E-state index in [1.165, 1.54) is 21.3 Å². The van der Waals surface area contributed by atoms with Crippen LogP contribution >= 0.6 is 7.82 Å². The first-order chi connectivity index (χ1) is 5.00. The molecule has 0 spiro atoms. The molecule has 74 valence electrons. The first-order valence-electron chi connectivity index (χ1n) is 2.23. The summed E-state index contributed by atoms with van der Waals surface area (Å²) in [5.41, 5.74) is 0. The molecule has 0 heterocycles. The standard InChI is InChI=1S/3CH4O.H3O4P/c3*1-2;1-5(2,3)4/h3*2H,1H3;(H3,1,2,3,4). The van der Waals surface area contributed by atoms with Crippen LogP contribution in [0.25, 0.3) is 0 Å². The van der Waals surface area contributed by atoms with Crippen molar-refractivity contribution < 1.29 is 34.6 Å². The van der Waals surface area contributed by atoms with Crippen LogP contribution in [0.15, 0.2) is 0 Å². The highest BCUT2D eigenvalue weighted by molar-refractivity contribution is 7.40. The van der Waals surface area contributed by atoms with Crippen molar-refractivity contribution in [2.24, 2.45) is 0 Å². The summed E-state index contributed by atoms with van der Waals surface area (Å²) in [4.78, 5) is 25.6. The quantitative estimate of drug-likeness (QED) is 0.280. The maximum atomic E-state index is 8.55. The summed E-state index contributed by atoms with van der Waals surface area (Å²) >= 11 is 0. The second kappa shape index (κ2) is 22.5. The Morgan fingerprint density at radius 1 is 0.818 bits per heavy atom. The van der Waals surface area contributed by atoms with Gasteiger partial charge in [0.05, 0.1) is 0 Å². The summed E-state index contributed by atoms with van der Waals surface area (Å²) < 4.78 is 8.55. The molecule has 0 radical (unpaired) electrons. The summed E-state index contributed by atoms with van der Waals surface area (Å²) in [6.45, 7) is 0. The molecule has 0 fully saturated rings. The lowest BCUT2D eigenvalue weighted by Crippen LogP contribution is -2.24. The van der Waals surface area contributed by atoms with Gasteiger partial charge in [0.25, 0.3) is 0 Å². The van der Waals surface area contributed by atoms with Gasteiger partial charge in [0, 0.05) is 0 Å². The molecule has 8 heteroatoms. The van der Waals surface area contributed by atoms with Gasteiger partial charge in [-0.2, -0.15) is 7.82 Å². The summed E-state index contributed by atoms with van der Waals surface area (Å²) in [6.07, 6.45) is 0. The number of phosphoric acid groups is 1. The minimum atomic E-state index is -5.39. The third-order valence-electron chi connectivity index (χ3n) is 0. The Morgan fingerprint density at radius 2 is 0.818 bits per heavy atom. The zero-order valence-corrected chi connectivity index (χ0v) is 7.47.